The number of pyridine rings is 1. The van der Waals surface area contributed by atoms with Crippen LogP contribution in [0, 0.1) is 0 Å². The standard InChI is InChI=1S/C25H25N3O6/c1-26-24(30)16-7-5-15(6-8-16)23-21(33-3)12-10-18(28-23)19(29)14-27-25(31)17-9-11-20(32-2)22(13-17)34-4/h5-13H,14H2,1-4H3,(H,26,30)(H,27,31). The zero-order valence-electron chi connectivity index (χ0n) is 19.3. The van der Waals surface area contributed by atoms with Gasteiger partial charge < -0.3 is 24.8 Å². The van der Waals surface area contributed by atoms with E-state index in [1.165, 1.54) is 33.5 Å². The van der Waals surface area contributed by atoms with E-state index in [9.17, 15) is 14.4 Å². The molecule has 2 N–H and O–H groups in total. The van der Waals surface area contributed by atoms with E-state index in [1.54, 1.807) is 49.5 Å². The van der Waals surface area contributed by atoms with Gasteiger partial charge >= 0.3 is 0 Å². The summed E-state index contributed by atoms with van der Waals surface area (Å²) in [6, 6.07) is 14.7. The van der Waals surface area contributed by atoms with Gasteiger partial charge in [-0.05, 0) is 42.5 Å². The van der Waals surface area contributed by atoms with Crippen molar-refractivity contribution in [2.75, 3.05) is 34.9 Å². The first-order valence-electron chi connectivity index (χ1n) is 10.3. The molecule has 0 aliphatic carbocycles. The van der Waals surface area contributed by atoms with E-state index in [0.717, 1.165) is 0 Å². The van der Waals surface area contributed by atoms with Gasteiger partial charge in [-0.3, -0.25) is 14.4 Å². The molecule has 0 aliphatic rings. The number of carbonyl (C=O) groups is 3. The van der Waals surface area contributed by atoms with E-state index < -0.39 is 5.91 Å². The molecule has 0 saturated heterocycles. The number of aromatic nitrogens is 1. The van der Waals surface area contributed by atoms with Crippen LogP contribution in [0.5, 0.6) is 17.2 Å². The highest BCUT2D eigenvalue weighted by molar-refractivity contribution is 6.02. The third-order valence-electron chi connectivity index (χ3n) is 5.07. The van der Waals surface area contributed by atoms with Gasteiger partial charge in [-0.1, -0.05) is 12.1 Å². The monoisotopic (exact) mass is 463 g/mol. The molecule has 9 nitrogen and oxygen atoms in total. The molecular formula is C25H25N3O6. The van der Waals surface area contributed by atoms with Gasteiger partial charge in [-0.2, -0.15) is 0 Å². The second kappa shape index (κ2) is 11.0. The Morgan fingerprint density at radius 2 is 1.38 bits per heavy atom. The van der Waals surface area contributed by atoms with Gasteiger partial charge in [0.2, 0.25) is 0 Å². The SMILES string of the molecule is CNC(=O)c1ccc(-c2nc(C(=O)CNC(=O)c3ccc(OC)c(OC)c3)ccc2OC)cc1. The van der Waals surface area contributed by atoms with Crippen molar-refractivity contribution in [2.45, 2.75) is 0 Å². The molecule has 1 heterocycles. The first-order chi connectivity index (χ1) is 16.4. The van der Waals surface area contributed by atoms with Gasteiger partial charge in [-0.25, -0.2) is 4.98 Å². The fourth-order valence-corrected chi connectivity index (χ4v) is 3.23. The van der Waals surface area contributed by atoms with Crippen LogP contribution >= 0.6 is 0 Å². The van der Waals surface area contributed by atoms with Crippen LogP contribution in [0.4, 0.5) is 0 Å². The third kappa shape index (κ3) is 5.32. The minimum Gasteiger partial charge on any atom is -0.494 e. The summed E-state index contributed by atoms with van der Waals surface area (Å²) in [7, 11) is 6.04. The lowest BCUT2D eigenvalue weighted by Crippen LogP contribution is -2.30. The lowest BCUT2D eigenvalue weighted by Gasteiger charge is -2.11. The number of ketones is 1. The first kappa shape index (κ1) is 24.2. The molecular weight excluding hydrogens is 438 g/mol. The van der Waals surface area contributed by atoms with E-state index in [1.807, 2.05) is 0 Å². The van der Waals surface area contributed by atoms with Crippen LogP contribution in [0.1, 0.15) is 31.2 Å². The molecule has 2 aromatic carbocycles. The molecule has 0 unspecified atom stereocenters. The number of hydrogen-bond acceptors (Lipinski definition) is 7. The number of amides is 2. The molecule has 176 valence electrons. The molecule has 34 heavy (non-hydrogen) atoms. The summed E-state index contributed by atoms with van der Waals surface area (Å²) >= 11 is 0. The molecule has 0 fully saturated rings. The van der Waals surface area contributed by atoms with E-state index in [2.05, 4.69) is 15.6 Å². The molecule has 0 spiro atoms. The third-order valence-corrected chi connectivity index (χ3v) is 5.07. The fourth-order valence-electron chi connectivity index (χ4n) is 3.23. The molecule has 3 aromatic rings. The molecule has 0 radical (unpaired) electrons. The van der Waals surface area contributed by atoms with Crippen molar-refractivity contribution in [1.29, 1.82) is 0 Å². The van der Waals surface area contributed by atoms with Gasteiger partial charge in [0, 0.05) is 23.7 Å². The second-order valence-electron chi connectivity index (χ2n) is 7.08. The zero-order chi connectivity index (χ0) is 24.7. The van der Waals surface area contributed by atoms with E-state index in [-0.39, 0.29) is 23.9 Å². The van der Waals surface area contributed by atoms with Gasteiger partial charge in [0.25, 0.3) is 11.8 Å². The summed E-state index contributed by atoms with van der Waals surface area (Å²) in [5.41, 5.74) is 2.11. The molecule has 1 aromatic heterocycles. The summed E-state index contributed by atoms with van der Waals surface area (Å²) in [5.74, 6) is 0.352. The van der Waals surface area contributed by atoms with Crippen molar-refractivity contribution in [2.24, 2.45) is 0 Å². The summed E-state index contributed by atoms with van der Waals surface area (Å²) in [4.78, 5) is 41.5. The highest BCUT2D eigenvalue weighted by atomic mass is 16.5. The van der Waals surface area contributed by atoms with Crippen LogP contribution in [0.2, 0.25) is 0 Å². The minimum absolute atomic E-state index is 0.166. The molecule has 0 atom stereocenters. The number of benzene rings is 2. The van der Waals surface area contributed by atoms with Crippen LogP contribution in [-0.2, 0) is 0 Å². The van der Waals surface area contributed by atoms with Crippen molar-refractivity contribution in [3.8, 4) is 28.5 Å². The van der Waals surface area contributed by atoms with Crippen molar-refractivity contribution in [3.05, 3.63) is 71.4 Å². The summed E-state index contributed by atoms with van der Waals surface area (Å²) in [5, 5.41) is 5.16. The highest BCUT2D eigenvalue weighted by Crippen LogP contribution is 2.29. The van der Waals surface area contributed by atoms with Crippen molar-refractivity contribution >= 4 is 17.6 Å². The normalized spacial score (nSPS) is 10.2. The predicted octanol–water partition coefficient (Wildman–Crippen LogP) is 2.75. The Morgan fingerprint density at radius 3 is 2.00 bits per heavy atom. The number of hydrogen-bond donors (Lipinski definition) is 2. The van der Waals surface area contributed by atoms with Gasteiger partial charge in [0.1, 0.15) is 17.1 Å². The Morgan fingerprint density at radius 1 is 0.765 bits per heavy atom. The molecule has 9 heteroatoms. The van der Waals surface area contributed by atoms with Crippen LogP contribution in [-0.4, -0.2) is 57.5 Å². The Bertz CT molecular complexity index is 1210. The topological polar surface area (TPSA) is 116 Å². The van der Waals surface area contributed by atoms with Crippen molar-refractivity contribution in [1.82, 2.24) is 15.6 Å². The summed E-state index contributed by atoms with van der Waals surface area (Å²) in [6.07, 6.45) is 0. The molecule has 0 bridgehead atoms. The molecule has 2 amide bonds. The Labute approximate surface area is 197 Å². The number of methoxy groups -OCH3 is 3. The Balaban J connectivity index is 1.76. The Hall–Kier alpha value is -4.40. The average Bonchev–Trinajstić information content (AvgIpc) is 2.90. The number of nitrogens with zero attached hydrogens (tertiary/aromatic N) is 1. The highest BCUT2D eigenvalue weighted by Gasteiger charge is 2.16. The van der Waals surface area contributed by atoms with Crippen LogP contribution in [0.3, 0.4) is 0 Å². The van der Waals surface area contributed by atoms with Crippen LogP contribution in [0.15, 0.2) is 54.6 Å². The molecule has 0 aliphatic heterocycles. The van der Waals surface area contributed by atoms with Crippen molar-refractivity contribution in [3.63, 3.8) is 0 Å². The summed E-state index contributed by atoms with van der Waals surface area (Å²) < 4.78 is 15.8. The zero-order valence-corrected chi connectivity index (χ0v) is 19.3. The maximum absolute atomic E-state index is 12.8. The van der Waals surface area contributed by atoms with Gasteiger partial charge in [0.05, 0.1) is 27.9 Å². The lowest BCUT2D eigenvalue weighted by atomic mass is 10.1. The number of carbonyl (C=O) groups excluding carboxylic acids is 3. The first-order valence-corrected chi connectivity index (χ1v) is 10.3. The number of ether oxygens (including phenoxy) is 3. The average molecular weight is 463 g/mol. The number of nitrogens with one attached hydrogen (secondary N) is 2. The predicted molar refractivity (Wildman–Crippen MR) is 126 cm³/mol. The smallest absolute Gasteiger partial charge is 0.251 e. The van der Waals surface area contributed by atoms with Gasteiger partial charge in [-0.15, -0.1) is 0 Å². The quantitative estimate of drug-likeness (QED) is 0.469. The lowest BCUT2D eigenvalue weighted by molar-refractivity contribution is 0.0902. The number of rotatable bonds is 9. The van der Waals surface area contributed by atoms with E-state index in [0.29, 0.717) is 39.6 Å². The van der Waals surface area contributed by atoms with Crippen LogP contribution < -0.4 is 24.8 Å². The fraction of sp³-hybridized carbons (Fsp3) is 0.200. The maximum Gasteiger partial charge on any atom is 0.251 e. The largest absolute Gasteiger partial charge is 0.494 e. The molecule has 3 rings (SSSR count). The second-order valence-corrected chi connectivity index (χ2v) is 7.08. The number of Topliss-reactive ketones (excluding diaryl/α,β-unsaturated/α-hetero) is 1. The Kier molecular flexibility index (Phi) is 7.81. The molecule has 0 saturated carbocycles. The van der Waals surface area contributed by atoms with Gasteiger partial charge in [0.15, 0.2) is 17.3 Å². The van der Waals surface area contributed by atoms with E-state index >= 15 is 0 Å². The van der Waals surface area contributed by atoms with E-state index in [4.69, 9.17) is 14.2 Å². The van der Waals surface area contributed by atoms with Crippen molar-refractivity contribution < 1.29 is 28.6 Å². The summed E-state index contributed by atoms with van der Waals surface area (Å²) in [6.45, 7) is -0.248. The maximum atomic E-state index is 12.8. The minimum atomic E-state index is -0.437. The van der Waals surface area contributed by atoms with Crippen LogP contribution in [0.25, 0.3) is 11.3 Å².